The van der Waals surface area contributed by atoms with Gasteiger partial charge in [-0.3, -0.25) is 14.9 Å². The maximum absolute atomic E-state index is 11.7. The maximum Gasteiger partial charge on any atom is 0.348 e. The summed E-state index contributed by atoms with van der Waals surface area (Å²) in [6.45, 7) is 1.38. The topological polar surface area (TPSA) is 72.5 Å². The van der Waals surface area contributed by atoms with Crippen LogP contribution in [-0.2, 0) is 9.53 Å². The number of thiophene rings is 1. The van der Waals surface area contributed by atoms with Crippen molar-refractivity contribution >= 4 is 29.1 Å². The quantitative estimate of drug-likeness (QED) is 0.879. The lowest BCUT2D eigenvalue weighted by molar-refractivity contribution is -0.123. The number of aryl methyl sites for hydroxylation is 1. The molecule has 0 aliphatic heterocycles. The second kappa shape index (κ2) is 6.81. The summed E-state index contributed by atoms with van der Waals surface area (Å²) in [6.07, 6.45) is 0. The molecule has 1 aromatic carbocycles. The van der Waals surface area contributed by atoms with Crippen molar-refractivity contribution in [3.8, 4) is 0 Å². The second-order valence-corrected chi connectivity index (χ2v) is 5.52. The molecule has 2 amide bonds. The predicted octanol–water partition coefficient (Wildman–Crippen LogP) is 2.17. The number of esters is 1. The van der Waals surface area contributed by atoms with Gasteiger partial charge >= 0.3 is 5.97 Å². The van der Waals surface area contributed by atoms with E-state index >= 15 is 0 Å². The molecule has 0 atom stereocenters. The fourth-order valence-electron chi connectivity index (χ4n) is 1.57. The molecule has 0 aliphatic rings. The Kier molecular flexibility index (Phi) is 4.84. The molecular weight excluding hydrogens is 290 g/mol. The summed E-state index contributed by atoms with van der Waals surface area (Å²) >= 11 is 1.29. The number of hydrogen-bond donors (Lipinski definition) is 1. The highest BCUT2D eigenvalue weighted by atomic mass is 32.1. The van der Waals surface area contributed by atoms with Crippen LogP contribution in [0, 0.1) is 6.92 Å². The van der Waals surface area contributed by atoms with E-state index in [1.807, 2.05) is 6.92 Å². The predicted molar refractivity (Wildman–Crippen MR) is 78.3 cm³/mol. The number of hydrogen-bond acceptors (Lipinski definition) is 5. The van der Waals surface area contributed by atoms with E-state index in [4.69, 9.17) is 4.74 Å². The van der Waals surface area contributed by atoms with Crippen LogP contribution in [0.5, 0.6) is 0 Å². The molecule has 0 fully saturated rings. The average Bonchev–Trinajstić information content (AvgIpc) is 2.92. The number of amides is 2. The average molecular weight is 303 g/mol. The molecular formula is C15H13NO4S. The molecule has 1 aromatic heterocycles. The molecule has 21 heavy (non-hydrogen) atoms. The molecule has 6 heteroatoms. The van der Waals surface area contributed by atoms with Crippen molar-refractivity contribution in [3.63, 3.8) is 0 Å². The highest BCUT2D eigenvalue weighted by Gasteiger charge is 2.14. The van der Waals surface area contributed by atoms with Crippen molar-refractivity contribution in [1.29, 1.82) is 0 Å². The standard InChI is InChI=1S/C15H13NO4S/c1-10-7-8-12(21-10)15(19)20-9-13(17)16-14(18)11-5-3-2-4-6-11/h2-8H,9H2,1H3,(H,16,17,18). The van der Waals surface area contributed by atoms with Crippen molar-refractivity contribution in [3.05, 3.63) is 57.8 Å². The Morgan fingerprint density at radius 3 is 2.43 bits per heavy atom. The van der Waals surface area contributed by atoms with Crippen molar-refractivity contribution in [2.75, 3.05) is 6.61 Å². The summed E-state index contributed by atoms with van der Waals surface area (Å²) in [4.78, 5) is 36.3. The first-order valence-electron chi connectivity index (χ1n) is 6.19. The molecule has 0 aliphatic carbocycles. The van der Waals surface area contributed by atoms with Gasteiger partial charge in [0.05, 0.1) is 0 Å². The van der Waals surface area contributed by atoms with Crippen LogP contribution >= 0.6 is 11.3 Å². The molecule has 1 N–H and O–H groups in total. The minimum absolute atomic E-state index is 0.367. The Hall–Kier alpha value is -2.47. The van der Waals surface area contributed by atoms with Gasteiger partial charge in [-0.15, -0.1) is 11.3 Å². The van der Waals surface area contributed by atoms with E-state index in [0.29, 0.717) is 10.4 Å². The zero-order valence-corrected chi connectivity index (χ0v) is 12.1. The fraction of sp³-hybridized carbons (Fsp3) is 0.133. The van der Waals surface area contributed by atoms with Gasteiger partial charge in [-0.2, -0.15) is 0 Å². The van der Waals surface area contributed by atoms with Crippen LogP contribution < -0.4 is 5.32 Å². The van der Waals surface area contributed by atoms with E-state index in [-0.39, 0.29) is 0 Å². The lowest BCUT2D eigenvalue weighted by atomic mass is 10.2. The van der Waals surface area contributed by atoms with Gasteiger partial charge in [0, 0.05) is 10.4 Å². The molecule has 0 bridgehead atoms. The van der Waals surface area contributed by atoms with E-state index < -0.39 is 24.4 Å². The first-order chi connectivity index (χ1) is 10.1. The molecule has 5 nitrogen and oxygen atoms in total. The van der Waals surface area contributed by atoms with Crippen LogP contribution in [0.25, 0.3) is 0 Å². The number of nitrogens with one attached hydrogen (secondary N) is 1. The number of imide groups is 1. The number of carbonyl (C=O) groups is 3. The number of carbonyl (C=O) groups excluding carboxylic acids is 3. The van der Waals surface area contributed by atoms with Gasteiger partial charge in [-0.1, -0.05) is 18.2 Å². The monoisotopic (exact) mass is 303 g/mol. The SMILES string of the molecule is Cc1ccc(C(=O)OCC(=O)NC(=O)c2ccccc2)s1. The van der Waals surface area contributed by atoms with Crippen LogP contribution in [0.4, 0.5) is 0 Å². The molecule has 0 radical (unpaired) electrons. The largest absolute Gasteiger partial charge is 0.451 e. The highest BCUT2D eigenvalue weighted by molar-refractivity contribution is 7.13. The van der Waals surface area contributed by atoms with Gasteiger partial charge < -0.3 is 4.74 Å². The third-order valence-electron chi connectivity index (χ3n) is 2.56. The van der Waals surface area contributed by atoms with Crippen molar-refractivity contribution in [2.24, 2.45) is 0 Å². The Balaban J connectivity index is 1.82. The van der Waals surface area contributed by atoms with Crippen LogP contribution in [0.1, 0.15) is 24.9 Å². The fourth-order valence-corrected chi connectivity index (χ4v) is 2.33. The molecule has 0 saturated carbocycles. The van der Waals surface area contributed by atoms with Gasteiger partial charge in [0.25, 0.3) is 11.8 Å². The zero-order chi connectivity index (χ0) is 15.2. The first-order valence-corrected chi connectivity index (χ1v) is 7.00. The highest BCUT2D eigenvalue weighted by Crippen LogP contribution is 2.15. The van der Waals surface area contributed by atoms with Crippen molar-refractivity contribution < 1.29 is 19.1 Å². The second-order valence-electron chi connectivity index (χ2n) is 4.23. The molecule has 1 heterocycles. The zero-order valence-electron chi connectivity index (χ0n) is 11.3. The third-order valence-corrected chi connectivity index (χ3v) is 3.55. The molecule has 2 rings (SSSR count). The lowest BCUT2D eigenvalue weighted by Crippen LogP contribution is -2.34. The third kappa shape index (κ3) is 4.25. The van der Waals surface area contributed by atoms with Crippen molar-refractivity contribution in [1.82, 2.24) is 5.32 Å². The van der Waals surface area contributed by atoms with E-state index in [1.165, 1.54) is 11.3 Å². The number of rotatable bonds is 4. The Morgan fingerprint density at radius 2 is 1.81 bits per heavy atom. The summed E-state index contributed by atoms with van der Waals surface area (Å²) in [5, 5.41) is 2.16. The number of benzene rings is 1. The van der Waals surface area contributed by atoms with Crippen LogP contribution in [0.2, 0.25) is 0 Å². The molecule has 108 valence electrons. The Bertz CT molecular complexity index is 663. The van der Waals surface area contributed by atoms with Gasteiger partial charge in [-0.25, -0.2) is 4.79 Å². The van der Waals surface area contributed by atoms with Gasteiger partial charge in [-0.05, 0) is 31.2 Å². The first kappa shape index (κ1) is 14.9. The minimum Gasteiger partial charge on any atom is -0.451 e. The van der Waals surface area contributed by atoms with Crippen LogP contribution in [-0.4, -0.2) is 24.4 Å². The normalized spacial score (nSPS) is 9.95. The summed E-state index contributed by atoms with van der Waals surface area (Å²) in [5.74, 6) is -1.76. The van der Waals surface area contributed by atoms with E-state index in [1.54, 1.807) is 42.5 Å². The molecule has 0 spiro atoms. The summed E-state index contributed by atoms with van der Waals surface area (Å²) < 4.78 is 4.85. The lowest BCUT2D eigenvalue weighted by Gasteiger charge is -2.05. The van der Waals surface area contributed by atoms with Crippen LogP contribution in [0.15, 0.2) is 42.5 Å². The van der Waals surface area contributed by atoms with E-state index in [9.17, 15) is 14.4 Å². The smallest absolute Gasteiger partial charge is 0.348 e. The minimum atomic E-state index is -0.662. The Morgan fingerprint density at radius 1 is 1.10 bits per heavy atom. The molecule has 2 aromatic rings. The summed E-state index contributed by atoms with van der Waals surface area (Å²) in [7, 11) is 0. The van der Waals surface area contributed by atoms with E-state index in [2.05, 4.69) is 5.32 Å². The van der Waals surface area contributed by atoms with Gasteiger partial charge in [0.1, 0.15) is 4.88 Å². The van der Waals surface area contributed by atoms with E-state index in [0.717, 1.165) is 4.88 Å². The van der Waals surface area contributed by atoms with Crippen molar-refractivity contribution in [2.45, 2.75) is 6.92 Å². The van der Waals surface area contributed by atoms with Gasteiger partial charge in [0.2, 0.25) is 0 Å². The maximum atomic E-state index is 11.7. The summed E-state index contributed by atoms with van der Waals surface area (Å²) in [6, 6.07) is 11.8. The van der Waals surface area contributed by atoms with Crippen LogP contribution in [0.3, 0.4) is 0 Å². The summed E-state index contributed by atoms with van der Waals surface area (Å²) in [5.41, 5.74) is 0.367. The van der Waals surface area contributed by atoms with Gasteiger partial charge in [0.15, 0.2) is 6.61 Å². The molecule has 0 unspecified atom stereocenters. The Labute approximate surface area is 125 Å². The molecule has 0 saturated heterocycles. The number of ether oxygens (including phenoxy) is 1.